The highest BCUT2D eigenvalue weighted by atomic mass is 32.2. The zero-order valence-electron chi connectivity index (χ0n) is 17.8. The van der Waals surface area contributed by atoms with Crippen molar-refractivity contribution in [2.24, 2.45) is 0 Å². The quantitative estimate of drug-likeness (QED) is 0.489. The fourth-order valence-corrected chi connectivity index (χ4v) is 6.78. The number of para-hydroxylation sites is 1. The van der Waals surface area contributed by atoms with Gasteiger partial charge in [-0.2, -0.15) is 4.31 Å². The summed E-state index contributed by atoms with van der Waals surface area (Å²) in [6.07, 6.45) is 4.35. The van der Waals surface area contributed by atoms with E-state index in [-0.39, 0.29) is 10.9 Å². The fraction of sp³-hybridized carbons (Fsp3) is 0.435. The number of methoxy groups -OCH3 is 1. The summed E-state index contributed by atoms with van der Waals surface area (Å²) in [7, 11) is -2.08. The molecule has 31 heavy (non-hydrogen) atoms. The van der Waals surface area contributed by atoms with Crippen LogP contribution >= 0.6 is 11.3 Å². The van der Waals surface area contributed by atoms with Crippen molar-refractivity contribution in [2.75, 3.05) is 39.9 Å². The number of piperidine rings is 1. The number of aromatic nitrogens is 1. The number of sulfonamides is 1. The van der Waals surface area contributed by atoms with E-state index in [0.717, 1.165) is 44.3 Å². The van der Waals surface area contributed by atoms with Crippen LogP contribution in [0.15, 0.2) is 58.9 Å². The number of benzene rings is 1. The van der Waals surface area contributed by atoms with Gasteiger partial charge in [0.15, 0.2) is 0 Å². The molecule has 166 valence electrons. The lowest BCUT2D eigenvalue weighted by Crippen LogP contribution is -2.48. The molecule has 1 fully saturated rings. The van der Waals surface area contributed by atoms with Crippen molar-refractivity contribution in [1.29, 1.82) is 0 Å². The van der Waals surface area contributed by atoms with Crippen LogP contribution < -0.4 is 0 Å². The van der Waals surface area contributed by atoms with Gasteiger partial charge >= 0.3 is 0 Å². The van der Waals surface area contributed by atoms with Gasteiger partial charge in [0.2, 0.25) is 10.0 Å². The van der Waals surface area contributed by atoms with Crippen molar-refractivity contribution >= 4 is 32.3 Å². The molecule has 3 aromatic rings. The van der Waals surface area contributed by atoms with E-state index >= 15 is 0 Å². The average molecular weight is 460 g/mol. The minimum atomic E-state index is -3.69. The molecule has 1 aliphatic rings. The molecule has 0 saturated carbocycles. The highest BCUT2D eigenvalue weighted by Gasteiger charge is 2.34. The molecule has 0 amide bonds. The first-order valence-corrected chi connectivity index (χ1v) is 13.0. The van der Waals surface area contributed by atoms with Gasteiger partial charge in [0.1, 0.15) is 4.90 Å². The van der Waals surface area contributed by atoms with E-state index in [1.165, 1.54) is 4.88 Å². The van der Waals surface area contributed by atoms with Gasteiger partial charge in [0.05, 0.1) is 12.1 Å². The largest absolute Gasteiger partial charge is 0.383 e. The molecule has 0 aliphatic carbocycles. The number of pyridine rings is 1. The van der Waals surface area contributed by atoms with Gasteiger partial charge in [-0.05, 0) is 55.9 Å². The Morgan fingerprint density at radius 3 is 2.71 bits per heavy atom. The van der Waals surface area contributed by atoms with Crippen LogP contribution in [0.3, 0.4) is 0 Å². The number of ether oxygens (including phenoxy) is 1. The van der Waals surface area contributed by atoms with E-state index in [1.807, 2.05) is 18.2 Å². The van der Waals surface area contributed by atoms with Crippen molar-refractivity contribution in [3.8, 4) is 0 Å². The standard InChI is InChI=1S/C23H29N3O3S2/c1-29-17-16-26(20-9-13-25(14-10-20)15-11-21-7-4-18-30-21)31(27,28)22-8-2-5-19-6-3-12-24-23(19)22/h2-8,12,18,20H,9-11,13-17H2,1H3. The summed E-state index contributed by atoms with van der Waals surface area (Å²) in [5.74, 6) is 0. The third kappa shape index (κ3) is 5.15. The van der Waals surface area contributed by atoms with Gasteiger partial charge in [-0.3, -0.25) is 4.98 Å². The maximum Gasteiger partial charge on any atom is 0.245 e. The Balaban J connectivity index is 1.50. The van der Waals surface area contributed by atoms with Gasteiger partial charge in [-0.15, -0.1) is 11.3 Å². The van der Waals surface area contributed by atoms with E-state index in [4.69, 9.17) is 4.74 Å². The second-order valence-electron chi connectivity index (χ2n) is 7.84. The van der Waals surface area contributed by atoms with Crippen LogP contribution in [0.2, 0.25) is 0 Å². The number of thiophene rings is 1. The molecule has 0 bridgehead atoms. The Bertz CT molecular complexity index is 1070. The highest BCUT2D eigenvalue weighted by Crippen LogP contribution is 2.28. The molecule has 0 atom stereocenters. The molecule has 3 heterocycles. The van der Waals surface area contributed by atoms with E-state index in [2.05, 4.69) is 27.4 Å². The molecule has 0 unspecified atom stereocenters. The zero-order valence-corrected chi connectivity index (χ0v) is 19.4. The Morgan fingerprint density at radius 1 is 1.16 bits per heavy atom. The second-order valence-corrected chi connectivity index (χ2v) is 10.7. The number of rotatable bonds is 9. The van der Waals surface area contributed by atoms with Crippen LogP contribution in [0.1, 0.15) is 17.7 Å². The predicted octanol–water partition coefficient (Wildman–Crippen LogP) is 3.64. The monoisotopic (exact) mass is 459 g/mol. The zero-order chi connectivity index (χ0) is 21.7. The van der Waals surface area contributed by atoms with Crippen molar-refractivity contribution in [1.82, 2.24) is 14.2 Å². The molecule has 0 radical (unpaired) electrons. The first-order chi connectivity index (χ1) is 15.1. The Morgan fingerprint density at radius 2 is 1.97 bits per heavy atom. The summed E-state index contributed by atoms with van der Waals surface area (Å²) < 4.78 is 34.4. The number of nitrogens with zero attached hydrogens (tertiary/aromatic N) is 3. The molecule has 0 spiro atoms. The minimum Gasteiger partial charge on any atom is -0.383 e. The highest BCUT2D eigenvalue weighted by molar-refractivity contribution is 7.89. The van der Waals surface area contributed by atoms with Crippen molar-refractivity contribution in [3.63, 3.8) is 0 Å². The number of hydrogen-bond donors (Lipinski definition) is 0. The lowest BCUT2D eigenvalue weighted by Gasteiger charge is -2.37. The van der Waals surface area contributed by atoms with Crippen LogP contribution in [0.5, 0.6) is 0 Å². The van der Waals surface area contributed by atoms with Crippen molar-refractivity contribution in [3.05, 3.63) is 58.9 Å². The second kappa shape index (κ2) is 10.2. The molecule has 2 aromatic heterocycles. The first-order valence-electron chi connectivity index (χ1n) is 10.7. The molecule has 1 saturated heterocycles. The Labute approximate surface area is 188 Å². The summed E-state index contributed by atoms with van der Waals surface area (Å²) in [5.41, 5.74) is 0.529. The first kappa shape index (κ1) is 22.4. The lowest BCUT2D eigenvalue weighted by molar-refractivity contribution is 0.128. The topological polar surface area (TPSA) is 62.7 Å². The number of fused-ring (bicyclic) bond motifs is 1. The maximum atomic E-state index is 13.7. The lowest BCUT2D eigenvalue weighted by atomic mass is 10.0. The van der Waals surface area contributed by atoms with Gasteiger partial charge in [-0.25, -0.2) is 8.42 Å². The molecule has 4 rings (SSSR count). The molecule has 1 aliphatic heterocycles. The van der Waals surface area contributed by atoms with Crippen LogP contribution in [-0.4, -0.2) is 68.5 Å². The van der Waals surface area contributed by atoms with Crippen molar-refractivity contribution in [2.45, 2.75) is 30.2 Å². The number of likely N-dealkylation sites (tertiary alicyclic amines) is 1. The molecular weight excluding hydrogens is 430 g/mol. The summed E-state index contributed by atoms with van der Waals surface area (Å²) in [6.45, 7) is 3.55. The van der Waals surface area contributed by atoms with E-state index in [1.54, 1.807) is 41.1 Å². The molecule has 8 heteroatoms. The third-order valence-electron chi connectivity index (χ3n) is 5.92. The average Bonchev–Trinajstić information content (AvgIpc) is 3.32. The van der Waals surface area contributed by atoms with Crippen molar-refractivity contribution < 1.29 is 13.2 Å². The Kier molecular flexibility index (Phi) is 7.35. The van der Waals surface area contributed by atoms with Gasteiger partial charge in [0, 0.05) is 42.7 Å². The molecular formula is C23H29N3O3S2. The van der Waals surface area contributed by atoms with Gasteiger partial charge in [-0.1, -0.05) is 24.3 Å². The van der Waals surface area contributed by atoms with Gasteiger partial charge < -0.3 is 9.64 Å². The maximum absolute atomic E-state index is 13.7. The molecule has 6 nitrogen and oxygen atoms in total. The summed E-state index contributed by atoms with van der Waals surface area (Å²) in [5, 5.41) is 2.95. The summed E-state index contributed by atoms with van der Waals surface area (Å²) in [4.78, 5) is 8.49. The SMILES string of the molecule is COCCN(C1CCN(CCc2cccs2)CC1)S(=O)(=O)c1cccc2cccnc12. The van der Waals surface area contributed by atoms with Crippen LogP contribution in [0.25, 0.3) is 10.9 Å². The predicted molar refractivity (Wildman–Crippen MR) is 125 cm³/mol. The van der Waals surface area contributed by atoms with Crippen LogP contribution in [0, 0.1) is 0 Å². The molecule has 1 aromatic carbocycles. The fourth-order valence-electron chi connectivity index (χ4n) is 4.25. The molecule has 0 N–H and O–H groups in total. The Hall–Kier alpha value is -1.84. The van der Waals surface area contributed by atoms with Gasteiger partial charge in [0.25, 0.3) is 0 Å². The van der Waals surface area contributed by atoms with E-state index in [9.17, 15) is 8.42 Å². The smallest absolute Gasteiger partial charge is 0.245 e. The van der Waals surface area contributed by atoms with E-state index in [0.29, 0.717) is 18.7 Å². The third-order valence-corrected chi connectivity index (χ3v) is 8.84. The minimum absolute atomic E-state index is 0.0305. The summed E-state index contributed by atoms with van der Waals surface area (Å²) >= 11 is 1.79. The van der Waals surface area contributed by atoms with E-state index < -0.39 is 10.0 Å². The van der Waals surface area contributed by atoms with Crippen LogP contribution in [0.4, 0.5) is 0 Å². The van der Waals surface area contributed by atoms with Crippen LogP contribution in [-0.2, 0) is 21.2 Å². The summed E-state index contributed by atoms with van der Waals surface area (Å²) in [6, 6.07) is 13.3. The number of hydrogen-bond acceptors (Lipinski definition) is 6. The normalized spacial score (nSPS) is 16.3.